The van der Waals surface area contributed by atoms with Crippen LogP contribution in [0.1, 0.15) is 39.0 Å². The van der Waals surface area contributed by atoms with Crippen molar-refractivity contribution in [1.29, 1.82) is 0 Å². The molecule has 1 heterocycles. The summed E-state index contributed by atoms with van der Waals surface area (Å²) in [6.45, 7) is 1.93. The van der Waals surface area contributed by atoms with Crippen molar-refractivity contribution >= 4 is 5.97 Å². The van der Waals surface area contributed by atoms with E-state index in [0.717, 1.165) is 25.3 Å². The molecule has 0 aliphatic heterocycles. The first kappa shape index (κ1) is 14.5. The zero-order valence-electron chi connectivity index (χ0n) is 10.8. The number of hydrogen-bond donors (Lipinski definition) is 1. The summed E-state index contributed by atoms with van der Waals surface area (Å²) in [5.41, 5.74) is 0. The number of ether oxygens (including phenoxy) is 1. The maximum absolute atomic E-state index is 9.00. The quantitative estimate of drug-likeness (QED) is 0.896. The standard InChI is InChI=1S/C12H17NO.C2H4O2/c1-2-6-11(7-3-1)10-14-12-8-4-5-9-13-12;1-2(3)4/h4-5,8-9,11H,1-3,6-7,10H2;1H3,(H,3,4). The van der Waals surface area contributed by atoms with Crippen LogP contribution in [0.4, 0.5) is 0 Å². The normalized spacial score (nSPS) is 15.4. The van der Waals surface area contributed by atoms with E-state index in [-0.39, 0.29) is 0 Å². The molecule has 0 unspecified atom stereocenters. The number of rotatable bonds is 3. The molecule has 0 bridgehead atoms. The summed E-state index contributed by atoms with van der Waals surface area (Å²) in [5.74, 6) is 0.684. The number of carboxylic acid groups (broad SMARTS) is 1. The lowest BCUT2D eigenvalue weighted by Crippen LogP contribution is -2.15. The van der Waals surface area contributed by atoms with E-state index < -0.39 is 5.97 Å². The van der Waals surface area contributed by atoms with Gasteiger partial charge in [-0.3, -0.25) is 4.79 Å². The average molecular weight is 251 g/mol. The Bertz CT molecular complexity index is 330. The molecule has 1 aliphatic carbocycles. The highest BCUT2D eigenvalue weighted by Crippen LogP contribution is 2.23. The molecule has 0 amide bonds. The van der Waals surface area contributed by atoms with Gasteiger partial charge in [-0.15, -0.1) is 0 Å². The van der Waals surface area contributed by atoms with Crippen LogP contribution in [0.15, 0.2) is 24.4 Å². The molecule has 0 saturated heterocycles. The first-order valence-corrected chi connectivity index (χ1v) is 6.42. The number of pyridine rings is 1. The van der Waals surface area contributed by atoms with Crippen LogP contribution in [0.2, 0.25) is 0 Å². The number of carbonyl (C=O) groups is 1. The SMILES string of the molecule is CC(=O)O.c1ccc(OCC2CCCCC2)nc1. The monoisotopic (exact) mass is 251 g/mol. The van der Waals surface area contributed by atoms with E-state index in [9.17, 15) is 0 Å². The molecule has 0 atom stereocenters. The van der Waals surface area contributed by atoms with E-state index in [1.807, 2.05) is 18.2 Å². The van der Waals surface area contributed by atoms with Crippen molar-refractivity contribution in [2.24, 2.45) is 5.92 Å². The van der Waals surface area contributed by atoms with Crippen molar-refractivity contribution in [3.8, 4) is 5.88 Å². The van der Waals surface area contributed by atoms with Gasteiger partial charge in [0.25, 0.3) is 5.97 Å². The van der Waals surface area contributed by atoms with Gasteiger partial charge in [-0.05, 0) is 24.8 Å². The highest BCUT2D eigenvalue weighted by molar-refractivity contribution is 5.62. The summed E-state index contributed by atoms with van der Waals surface area (Å²) in [6, 6.07) is 5.79. The number of carboxylic acids is 1. The number of aliphatic carboxylic acids is 1. The summed E-state index contributed by atoms with van der Waals surface area (Å²) in [6.07, 6.45) is 8.57. The lowest BCUT2D eigenvalue weighted by atomic mass is 9.90. The molecule has 2 rings (SSSR count). The molecule has 100 valence electrons. The second-order valence-electron chi connectivity index (χ2n) is 4.50. The molecule has 1 fully saturated rings. The predicted molar refractivity (Wildman–Crippen MR) is 69.6 cm³/mol. The zero-order valence-corrected chi connectivity index (χ0v) is 10.8. The smallest absolute Gasteiger partial charge is 0.300 e. The first-order chi connectivity index (χ1) is 8.68. The molecule has 4 nitrogen and oxygen atoms in total. The van der Waals surface area contributed by atoms with Crippen LogP contribution in [0.3, 0.4) is 0 Å². The second-order valence-corrected chi connectivity index (χ2v) is 4.50. The molecular formula is C14H21NO3. The minimum absolute atomic E-state index is 0.755. The van der Waals surface area contributed by atoms with Crippen molar-refractivity contribution in [1.82, 2.24) is 4.98 Å². The number of hydrogen-bond acceptors (Lipinski definition) is 3. The Hall–Kier alpha value is -1.58. The predicted octanol–water partition coefficient (Wildman–Crippen LogP) is 3.13. The summed E-state index contributed by atoms with van der Waals surface area (Å²) >= 11 is 0. The molecule has 1 saturated carbocycles. The van der Waals surface area contributed by atoms with Crippen LogP contribution in [0.5, 0.6) is 5.88 Å². The fraction of sp³-hybridized carbons (Fsp3) is 0.571. The van der Waals surface area contributed by atoms with Gasteiger partial charge in [0.05, 0.1) is 6.61 Å². The van der Waals surface area contributed by atoms with E-state index in [4.69, 9.17) is 14.6 Å². The van der Waals surface area contributed by atoms with Crippen LogP contribution in [0.25, 0.3) is 0 Å². The maximum Gasteiger partial charge on any atom is 0.300 e. The summed E-state index contributed by atoms with van der Waals surface area (Å²) in [4.78, 5) is 13.1. The molecule has 1 aliphatic rings. The minimum atomic E-state index is -0.833. The Kier molecular flexibility index (Phi) is 6.84. The summed E-state index contributed by atoms with van der Waals surface area (Å²) in [7, 11) is 0. The van der Waals surface area contributed by atoms with E-state index in [1.54, 1.807) is 6.20 Å². The third-order valence-corrected chi connectivity index (χ3v) is 2.83. The molecule has 4 heteroatoms. The molecule has 18 heavy (non-hydrogen) atoms. The number of aromatic nitrogens is 1. The fourth-order valence-electron chi connectivity index (χ4n) is 1.99. The number of nitrogens with zero attached hydrogens (tertiary/aromatic N) is 1. The van der Waals surface area contributed by atoms with Crippen LogP contribution in [-0.4, -0.2) is 22.7 Å². The third-order valence-electron chi connectivity index (χ3n) is 2.83. The Morgan fingerprint density at radius 3 is 2.61 bits per heavy atom. The van der Waals surface area contributed by atoms with Crippen LogP contribution >= 0.6 is 0 Å². The zero-order chi connectivity index (χ0) is 13.2. The van der Waals surface area contributed by atoms with E-state index in [0.29, 0.717) is 0 Å². The van der Waals surface area contributed by atoms with Gasteiger partial charge in [0.15, 0.2) is 0 Å². The van der Waals surface area contributed by atoms with Crippen LogP contribution < -0.4 is 4.74 Å². The Morgan fingerprint density at radius 1 is 1.39 bits per heavy atom. The third kappa shape index (κ3) is 6.89. The molecule has 0 aromatic carbocycles. The second kappa shape index (κ2) is 8.50. The van der Waals surface area contributed by atoms with E-state index in [2.05, 4.69) is 4.98 Å². The van der Waals surface area contributed by atoms with Crippen LogP contribution in [-0.2, 0) is 4.79 Å². The highest BCUT2D eigenvalue weighted by atomic mass is 16.5. The van der Waals surface area contributed by atoms with Crippen molar-refractivity contribution < 1.29 is 14.6 Å². The van der Waals surface area contributed by atoms with Crippen molar-refractivity contribution in [2.45, 2.75) is 39.0 Å². The Morgan fingerprint density at radius 2 is 2.06 bits per heavy atom. The van der Waals surface area contributed by atoms with Crippen molar-refractivity contribution in [3.63, 3.8) is 0 Å². The van der Waals surface area contributed by atoms with Crippen molar-refractivity contribution in [3.05, 3.63) is 24.4 Å². The van der Waals surface area contributed by atoms with E-state index >= 15 is 0 Å². The fourth-order valence-corrected chi connectivity index (χ4v) is 1.99. The highest BCUT2D eigenvalue weighted by Gasteiger charge is 2.13. The summed E-state index contributed by atoms with van der Waals surface area (Å²) < 4.78 is 5.63. The Balaban J connectivity index is 0.000000357. The van der Waals surface area contributed by atoms with Gasteiger partial charge in [-0.1, -0.05) is 25.3 Å². The first-order valence-electron chi connectivity index (χ1n) is 6.42. The molecule has 1 aromatic heterocycles. The van der Waals surface area contributed by atoms with Gasteiger partial charge in [0, 0.05) is 19.2 Å². The lowest BCUT2D eigenvalue weighted by Gasteiger charge is -2.21. The van der Waals surface area contributed by atoms with Gasteiger partial charge < -0.3 is 9.84 Å². The van der Waals surface area contributed by atoms with Gasteiger partial charge in [0.2, 0.25) is 5.88 Å². The molecule has 1 N–H and O–H groups in total. The largest absolute Gasteiger partial charge is 0.481 e. The molecular weight excluding hydrogens is 230 g/mol. The van der Waals surface area contributed by atoms with Crippen LogP contribution in [0, 0.1) is 5.92 Å². The minimum Gasteiger partial charge on any atom is -0.481 e. The molecule has 0 radical (unpaired) electrons. The Labute approximate surface area is 108 Å². The summed E-state index contributed by atoms with van der Waals surface area (Å²) in [5, 5.41) is 7.42. The van der Waals surface area contributed by atoms with Gasteiger partial charge in [0.1, 0.15) is 0 Å². The molecule has 1 aromatic rings. The van der Waals surface area contributed by atoms with Gasteiger partial charge in [-0.25, -0.2) is 4.98 Å². The maximum atomic E-state index is 9.00. The average Bonchev–Trinajstić information content (AvgIpc) is 2.38. The lowest BCUT2D eigenvalue weighted by molar-refractivity contribution is -0.134. The van der Waals surface area contributed by atoms with Gasteiger partial charge in [-0.2, -0.15) is 0 Å². The topological polar surface area (TPSA) is 59.4 Å². The van der Waals surface area contributed by atoms with E-state index in [1.165, 1.54) is 32.1 Å². The van der Waals surface area contributed by atoms with Gasteiger partial charge >= 0.3 is 0 Å². The van der Waals surface area contributed by atoms with Crippen molar-refractivity contribution in [2.75, 3.05) is 6.61 Å². The molecule has 0 spiro atoms.